The molecule has 28 heavy (non-hydrogen) atoms. The third kappa shape index (κ3) is 4.17. The van der Waals surface area contributed by atoms with E-state index >= 15 is 0 Å². The Morgan fingerprint density at radius 3 is 2.36 bits per heavy atom. The second-order valence-electron chi connectivity index (χ2n) is 6.38. The largest absolute Gasteiger partial charge is 0.460 e. The van der Waals surface area contributed by atoms with E-state index in [9.17, 15) is 13.2 Å². The van der Waals surface area contributed by atoms with Gasteiger partial charge in [0.25, 0.3) is 0 Å². The Balaban J connectivity index is 1.63. The number of fused-ring (bicyclic) bond motifs is 1. The van der Waals surface area contributed by atoms with Gasteiger partial charge in [0.2, 0.25) is 5.88 Å². The molecule has 2 heterocycles. The summed E-state index contributed by atoms with van der Waals surface area (Å²) in [5.41, 5.74) is -0.114. The number of benzene rings is 2. The molecule has 0 amide bonds. The van der Waals surface area contributed by atoms with Gasteiger partial charge in [-0.25, -0.2) is 0 Å². The van der Waals surface area contributed by atoms with Crippen LogP contribution in [-0.4, -0.2) is 29.3 Å². The van der Waals surface area contributed by atoms with Crippen molar-refractivity contribution in [2.75, 3.05) is 13.2 Å². The predicted molar refractivity (Wildman–Crippen MR) is 95.5 cm³/mol. The Hall–Kier alpha value is -2.87. The maximum Gasteiger partial charge on any atom is 0.416 e. The van der Waals surface area contributed by atoms with Gasteiger partial charge in [-0.1, -0.05) is 12.1 Å². The van der Waals surface area contributed by atoms with Gasteiger partial charge in [-0.2, -0.15) is 23.1 Å². The molecule has 1 fully saturated rings. The highest BCUT2D eigenvalue weighted by atomic mass is 19.4. The van der Waals surface area contributed by atoms with E-state index in [2.05, 4.69) is 9.97 Å². The van der Waals surface area contributed by atoms with Gasteiger partial charge in [0.1, 0.15) is 11.9 Å². The van der Waals surface area contributed by atoms with Crippen LogP contribution in [0.5, 0.6) is 17.6 Å². The number of rotatable bonds is 4. The standard InChI is InChI=1S/C20H17F3N2O3/c21-20(22,23)13-5-7-14(8-6-13)27-18-16-3-1-2-4-17(16)24-19(25-18)28-15-9-11-26-12-10-15/h1-8,15H,9-12H2. The van der Waals surface area contributed by atoms with Gasteiger partial charge < -0.3 is 14.2 Å². The molecule has 1 aliphatic heterocycles. The Morgan fingerprint density at radius 1 is 0.929 bits per heavy atom. The van der Waals surface area contributed by atoms with Crippen molar-refractivity contribution in [3.05, 3.63) is 54.1 Å². The van der Waals surface area contributed by atoms with Gasteiger partial charge in [-0.15, -0.1) is 0 Å². The lowest BCUT2D eigenvalue weighted by molar-refractivity contribution is -0.137. The summed E-state index contributed by atoms with van der Waals surface area (Å²) in [6.45, 7) is 1.24. The van der Waals surface area contributed by atoms with E-state index in [-0.39, 0.29) is 23.7 Å². The number of alkyl halides is 3. The van der Waals surface area contributed by atoms with Crippen LogP contribution in [0.3, 0.4) is 0 Å². The van der Waals surface area contributed by atoms with Crippen molar-refractivity contribution in [2.24, 2.45) is 0 Å². The molecule has 0 atom stereocenters. The average molecular weight is 390 g/mol. The maximum absolute atomic E-state index is 12.7. The van der Waals surface area contributed by atoms with Gasteiger partial charge >= 0.3 is 12.2 Å². The average Bonchev–Trinajstić information content (AvgIpc) is 2.68. The van der Waals surface area contributed by atoms with Crippen molar-refractivity contribution in [3.8, 4) is 17.6 Å². The molecule has 1 saturated heterocycles. The van der Waals surface area contributed by atoms with Crippen LogP contribution in [0, 0.1) is 0 Å². The first-order valence-corrected chi connectivity index (χ1v) is 8.85. The number of hydrogen-bond donors (Lipinski definition) is 0. The van der Waals surface area contributed by atoms with Crippen LogP contribution in [0.15, 0.2) is 48.5 Å². The maximum atomic E-state index is 12.7. The predicted octanol–water partition coefficient (Wildman–Crippen LogP) is 5.00. The van der Waals surface area contributed by atoms with E-state index in [1.165, 1.54) is 12.1 Å². The monoisotopic (exact) mass is 390 g/mol. The first kappa shape index (κ1) is 18.5. The minimum Gasteiger partial charge on any atom is -0.460 e. The lowest BCUT2D eigenvalue weighted by atomic mass is 10.2. The molecule has 0 saturated carbocycles. The molecule has 0 spiro atoms. The summed E-state index contributed by atoms with van der Waals surface area (Å²) in [5.74, 6) is 0.473. The van der Waals surface area contributed by atoms with E-state index in [4.69, 9.17) is 14.2 Å². The van der Waals surface area contributed by atoms with Crippen molar-refractivity contribution in [2.45, 2.75) is 25.1 Å². The zero-order valence-electron chi connectivity index (χ0n) is 14.8. The fourth-order valence-corrected chi connectivity index (χ4v) is 2.92. The molecule has 4 rings (SSSR count). The molecular formula is C20H17F3N2O3. The molecule has 146 valence electrons. The molecule has 0 radical (unpaired) electrons. The number of aromatic nitrogens is 2. The van der Waals surface area contributed by atoms with E-state index in [1.54, 1.807) is 12.1 Å². The molecule has 1 aliphatic rings. The second kappa shape index (κ2) is 7.63. The van der Waals surface area contributed by atoms with Gasteiger partial charge in [0.05, 0.1) is 29.7 Å². The summed E-state index contributed by atoms with van der Waals surface area (Å²) in [7, 11) is 0. The number of para-hydroxylation sites is 1. The third-order valence-electron chi connectivity index (χ3n) is 4.38. The summed E-state index contributed by atoms with van der Waals surface area (Å²) < 4.78 is 55.2. The molecule has 0 bridgehead atoms. The van der Waals surface area contributed by atoms with Crippen LogP contribution in [0.1, 0.15) is 18.4 Å². The summed E-state index contributed by atoms with van der Waals surface area (Å²) in [4.78, 5) is 8.76. The number of ether oxygens (including phenoxy) is 3. The fraction of sp³-hybridized carbons (Fsp3) is 0.300. The van der Waals surface area contributed by atoms with Crippen molar-refractivity contribution in [1.29, 1.82) is 0 Å². The summed E-state index contributed by atoms with van der Waals surface area (Å²) >= 11 is 0. The Labute approximate surface area is 159 Å². The van der Waals surface area contributed by atoms with Crippen LogP contribution in [0.4, 0.5) is 13.2 Å². The van der Waals surface area contributed by atoms with Crippen LogP contribution >= 0.6 is 0 Å². The van der Waals surface area contributed by atoms with Crippen molar-refractivity contribution in [1.82, 2.24) is 9.97 Å². The van der Waals surface area contributed by atoms with E-state index in [1.807, 2.05) is 12.1 Å². The zero-order valence-corrected chi connectivity index (χ0v) is 14.8. The highest BCUT2D eigenvalue weighted by molar-refractivity contribution is 5.83. The molecular weight excluding hydrogens is 373 g/mol. The first-order chi connectivity index (χ1) is 13.5. The van der Waals surface area contributed by atoms with Gasteiger partial charge in [0.15, 0.2) is 0 Å². The van der Waals surface area contributed by atoms with E-state index < -0.39 is 11.7 Å². The Morgan fingerprint density at radius 2 is 1.64 bits per heavy atom. The van der Waals surface area contributed by atoms with Crippen molar-refractivity contribution < 1.29 is 27.4 Å². The van der Waals surface area contributed by atoms with Crippen molar-refractivity contribution in [3.63, 3.8) is 0 Å². The molecule has 8 heteroatoms. The minimum absolute atomic E-state index is 0.0474. The van der Waals surface area contributed by atoms with Crippen molar-refractivity contribution >= 4 is 10.9 Å². The molecule has 0 unspecified atom stereocenters. The second-order valence-corrected chi connectivity index (χ2v) is 6.38. The molecule has 0 aliphatic carbocycles. The molecule has 2 aromatic carbocycles. The van der Waals surface area contributed by atoms with E-state index in [0.717, 1.165) is 25.0 Å². The quantitative estimate of drug-likeness (QED) is 0.628. The smallest absolute Gasteiger partial charge is 0.416 e. The third-order valence-corrected chi connectivity index (χ3v) is 4.38. The first-order valence-electron chi connectivity index (χ1n) is 8.85. The van der Waals surface area contributed by atoms with Gasteiger partial charge in [-0.3, -0.25) is 0 Å². The molecule has 5 nitrogen and oxygen atoms in total. The van der Waals surface area contributed by atoms with Crippen LogP contribution < -0.4 is 9.47 Å². The zero-order chi connectivity index (χ0) is 19.6. The molecule has 0 N–H and O–H groups in total. The lowest BCUT2D eigenvalue weighted by Crippen LogP contribution is -2.26. The summed E-state index contributed by atoms with van der Waals surface area (Å²) in [6.07, 6.45) is -2.96. The summed E-state index contributed by atoms with van der Waals surface area (Å²) in [5, 5.41) is 0.640. The van der Waals surface area contributed by atoms with Crippen LogP contribution in [0.2, 0.25) is 0 Å². The molecule has 3 aromatic rings. The number of halogens is 3. The summed E-state index contributed by atoms with van der Waals surface area (Å²) in [6, 6.07) is 11.9. The number of hydrogen-bond acceptors (Lipinski definition) is 5. The van der Waals surface area contributed by atoms with Gasteiger partial charge in [-0.05, 0) is 36.4 Å². The Bertz CT molecular complexity index is 955. The highest BCUT2D eigenvalue weighted by Crippen LogP contribution is 2.33. The fourth-order valence-electron chi connectivity index (χ4n) is 2.92. The topological polar surface area (TPSA) is 53.5 Å². The highest BCUT2D eigenvalue weighted by Gasteiger charge is 2.30. The van der Waals surface area contributed by atoms with Crippen LogP contribution in [0.25, 0.3) is 10.9 Å². The number of nitrogens with zero attached hydrogens (tertiary/aromatic N) is 2. The normalized spacial score (nSPS) is 15.5. The SMILES string of the molecule is FC(F)(F)c1ccc(Oc2nc(OC3CCOCC3)nc3ccccc23)cc1. The lowest BCUT2D eigenvalue weighted by Gasteiger charge is -2.22. The van der Waals surface area contributed by atoms with Crippen LogP contribution in [-0.2, 0) is 10.9 Å². The Kier molecular flexibility index (Phi) is 5.04. The minimum atomic E-state index is -4.40. The molecule has 1 aromatic heterocycles. The van der Waals surface area contributed by atoms with Gasteiger partial charge in [0, 0.05) is 12.8 Å². The van der Waals surface area contributed by atoms with E-state index in [0.29, 0.717) is 24.1 Å².